The minimum Gasteiger partial charge on any atom is -1.00 e. The lowest BCUT2D eigenvalue weighted by Gasteiger charge is -2.35. The molecule has 32 heavy (non-hydrogen) atoms. The zero-order valence-corrected chi connectivity index (χ0v) is 22.1. The van der Waals surface area contributed by atoms with Gasteiger partial charge in [0, 0.05) is 6.42 Å². The van der Waals surface area contributed by atoms with E-state index in [1.54, 1.807) is 0 Å². The van der Waals surface area contributed by atoms with Crippen LogP contribution in [0.4, 0.5) is 0 Å². The fourth-order valence-corrected chi connectivity index (χ4v) is 4.17. The maximum Gasteiger partial charge on any atom is 0.263 e. The molecule has 1 unspecified atom stereocenters. The van der Waals surface area contributed by atoms with E-state index in [4.69, 9.17) is 5.73 Å². The number of nitrogens with two attached hydrogens (primary N) is 1. The first-order valence-electron chi connectivity index (χ1n) is 12.7. The summed E-state index contributed by atoms with van der Waals surface area (Å²) in [5, 5.41) is 10.7. The molecule has 1 atom stereocenters. The average molecular weight is 475 g/mol. The Morgan fingerprint density at radius 3 is 1.75 bits per heavy atom. The Labute approximate surface area is 204 Å². The van der Waals surface area contributed by atoms with E-state index in [2.05, 4.69) is 19.1 Å². The van der Waals surface area contributed by atoms with Crippen LogP contribution in [-0.2, 0) is 9.59 Å². The van der Waals surface area contributed by atoms with Crippen LogP contribution in [0.25, 0.3) is 0 Å². The molecule has 0 aromatic heterocycles. The van der Waals surface area contributed by atoms with Crippen LogP contribution < -0.4 is 18.1 Å². The van der Waals surface area contributed by atoms with Crippen LogP contribution in [0, 0.1) is 0 Å². The summed E-state index contributed by atoms with van der Waals surface area (Å²) in [6.45, 7) is 5.11. The van der Waals surface area contributed by atoms with Crippen molar-refractivity contribution in [2.45, 2.75) is 116 Å². The van der Waals surface area contributed by atoms with Crippen molar-refractivity contribution in [1.82, 2.24) is 0 Å². The van der Waals surface area contributed by atoms with Gasteiger partial charge < -0.3 is 27.7 Å². The summed E-state index contributed by atoms with van der Waals surface area (Å²) in [5.74, 6) is -1.35. The fourth-order valence-electron chi connectivity index (χ4n) is 4.17. The Morgan fingerprint density at radius 1 is 0.812 bits per heavy atom. The molecule has 0 heterocycles. The summed E-state index contributed by atoms with van der Waals surface area (Å²) in [5.41, 5.74) is 3.35. The number of nitrogens with zero attached hydrogens (tertiary/aromatic N) is 1. The van der Waals surface area contributed by atoms with Crippen LogP contribution in [0.1, 0.15) is 110 Å². The highest BCUT2D eigenvalue weighted by molar-refractivity contribution is 6.08. The van der Waals surface area contributed by atoms with Crippen LogP contribution in [0.15, 0.2) is 12.2 Å². The summed E-state index contributed by atoms with van der Waals surface area (Å²) in [6, 6.07) is 0. The summed E-state index contributed by atoms with van der Waals surface area (Å²) in [4.78, 5) is 24.4. The standard InChI is InChI=1S/C26H50N2O3.ClH/c1-5-7-8-9-10-11-12-13-14-15-16-17-18-19-20-21-24(29)26(31,25(27)30)23-28(3,4)22-6-2;/h13-14,31H,5-12,15-23H2,1-4H3,(H-,27,30);1H/b14-13-;. The molecule has 0 aliphatic rings. The van der Waals surface area contributed by atoms with Crippen LogP contribution in [-0.4, -0.2) is 54.1 Å². The zero-order chi connectivity index (χ0) is 23.6. The topological polar surface area (TPSA) is 80.4 Å². The van der Waals surface area contributed by atoms with E-state index in [1.165, 1.54) is 51.4 Å². The number of carbonyl (C=O) groups excluding carboxylic acids is 2. The molecule has 0 saturated heterocycles. The lowest BCUT2D eigenvalue weighted by Crippen LogP contribution is -3.00. The van der Waals surface area contributed by atoms with E-state index in [1.807, 2.05) is 21.0 Å². The van der Waals surface area contributed by atoms with E-state index in [9.17, 15) is 14.7 Å². The molecule has 0 bridgehead atoms. The first-order chi connectivity index (χ1) is 14.7. The number of hydrogen-bond donors (Lipinski definition) is 2. The van der Waals surface area contributed by atoms with Crippen molar-refractivity contribution < 1.29 is 31.6 Å². The van der Waals surface area contributed by atoms with Crippen molar-refractivity contribution in [3.05, 3.63) is 12.2 Å². The first-order valence-corrected chi connectivity index (χ1v) is 12.7. The molecule has 0 aromatic carbocycles. The van der Waals surface area contributed by atoms with Gasteiger partial charge in [-0.3, -0.25) is 9.59 Å². The normalized spacial score (nSPS) is 13.7. The van der Waals surface area contributed by atoms with Crippen LogP contribution >= 0.6 is 0 Å². The van der Waals surface area contributed by atoms with Crippen molar-refractivity contribution in [3.8, 4) is 0 Å². The van der Waals surface area contributed by atoms with E-state index in [-0.39, 0.29) is 25.4 Å². The van der Waals surface area contributed by atoms with Gasteiger partial charge in [-0.25, -0.2) is 0 Å². The molecule has 0 aliphatic carbocycles. The SMILES string of the molecule is CCCCCCCC/C=C\CCCCCCCC(=O)C(O)(C[N+](C)(C)CCC)C(N)=O.[Cl-]. The largest absolute Gasteiger partial charge is 1.00 e. The highest BCUT2D eigenvalue weighted by Gasteiger charge is 2.46. The predicted octanol–water partition coefficient (Wildman–Crippen LogP) is 2.30. The second-order valence-corrected chi connectivity index (χ2v) is 9.80. The van der Waals surface area contributed by atoms with E-state index in [0.29, 0.717) is 10.9 Å². The van der Waals surface area contributed by atoms with Crippen molar-refractivity contribution in [1.29, 1.82) is 0 Å². The summed E-state index contributed by atoms with van der Waals surface area (Å²) in [7, 11) is 3.82. The minimum absolute atomic E-state index is 0. The number of unbranched alkanes of at least 4 members (excludes halogenated alkanes) is 11. The number of aliphatic hydroxyl groups is 1. The van der Waals surface area contributed by atoms with Crippen molar-refractivity contribution in [3.63, 3.8) is 0 Å². The second kappa shape index (κ2) is 19.5. The van der Waals surface area contributed by atoms with Gasteiger partial charge in [-0.1, -0.05) is 77.4 Å². The van der Waals surface area contributed by atoms with Gasteiger partial charge in [-0.15, -0.1) is 0 Å². The quantitative estimate of drug-likeness (QED) is 0.116. The van der Waals surface area contributed by atoms with Gasteiger partial charge in [0.05, 0.1) is 20.6 Å². The maximum absolute atomic E-state index is 12.6. The number of halogens is 1. The number of ketones is 1. The minimum atomic E-state index is -2.06. The lowest BCUT2D eigenvalue weighted by atomic mass is 9.91. The molecular weight excluding hydrogens is 424 g/mol. The summed E-state index contributed by atoms with van der Waals surface area (Å²) >= 11 is 0. The smallest absolute Gasteiger partial charge is 0.263 e. The molecular formula is C26H51ClN2O3. The molecule has 0 rings (SSSR count). The Balaban J connectivity index is 0. The molecule has 190 valence electrons. The van der Waals surface area contributed by atoms with Gasteiger partial charge in [-0.2, -0.15) is 0 Å². The third kappa shape index (κ3) is 15.8. The van der Waals surface area contributed by atoms with Gasteiger partial charge in [0.15, 0.2) is 5.78 Å². The Morgan fingerprint density at radius 2 is 1.28 bits per heavy atom. The number of hydrogen-bond acceptors (Lipinski definition) is 3. The molecule has 0 fully saturated rings. The molecule has 1 amide bonds. The number of rotatable bonds is 21. The van der Waals surface area contributed by atoms with E-state index >= 15 is 0 Å². The Hall–Kier alpha value is -0.910. The number of primary amides is 1. The van der Waals surface area contributed by atoms with Crippen molar-refractivity contribution in [2.75, 3.05) is 27.2 Å². The molecule has 0 radical (unpaired) electrons. The van der Waals surface area contributed by atoms with Gasteiger partial charge in [0.2, 0.25) is 0 Å². The lowest BCUT2D eigenvalue weighted by molar-refractivity contribution is -0.894. The molecule has 3 N–H and O–H groups in total. The molecule has 5 nitrogen and oxygen atoms in total. The van der Waals surface area contributed by atoms with Crippen LogP contribution in [0.2, 0.25) is 0 Å². The average Bonchev–Trinajstić information content (AvgIpc) is 2.70. The number of likely N-dealkylation sites (N-methyl/N-ethyl adjacent to an activating group) is 1. The second-order valence-electron chi connectivity index (χ2n) is 9.80. The van der Waals surface area contributed by atoms with Crippen LogP contribution in [0.3, 0.4) is 0 Å². The summed E-state index contributed by atoms with van der Waals surface area (Å²) < 4.78 is 0.397. The molecule has 0 spiro atoms. The van der Waals surface area contributed by atoms with E-state index in [0.717, 1.165) is 38.6 Å². The molecule has 0 aromatic rings. The number of quaternary nitrogens is 1. The van der Waals surface area contributed by atoms with Crippen molar-refractivity contribution in [2.24, 2.45) is 5.73 Å². The Kier molecular flexibility index (Phi) is 20.3. The van der Waals surface area contributed by atoms with Crippen molar-refractivity contribution >= 4 is 11.7 Å². The number of amides is 1. The first kappa shape index (κ1) is 33.3. The molecule has 0 aliphatic heterocycles. The summed E-state index contributed by atoms with van der Waals surface area (Å²) in [6.07, 6.45) is 21.2. The predicted molar refractivity (Wildman–Crippen MR) is 131 cm³/mol. The highest BCUT2D eigenvalue weighted by atomic mass is 35.5. The number of allylic oxidation sites excluding steroid dienone is 2. The highest BCUT2D eigenvalue weighted by Crippen LogP contribution is 2.18. The third-order valence-electron chi connectivity index (χ3n) is 6.02. The van der Waals surface area contributed by atoms with Gasteiger partial charge in [0.1, 0.15) is 6.54 Å². The number of carbonyl (C=O) groups is 2. The van der Waals surface area contributed by atoms with E-state index < -0.39 is 17.3 Å². The fraction of sp³-hybridized carbons (Fsp3) is 0.846. The molecule has 6 heteroatoms. The zero-order valence-electron chi connectivity index (χ0n) is 21.3. The third-order valence-corrected chi connectivity index (χ3v) is 6.02. The maximum atomic E-state index is 12.6. The van der Waals surface area contributed by atoms with Gasteiger partial charge >= 0.3 is 0 Å². The van der Waals surface area contributed by atoms with Crippen LogP contribution in [0.5, 0.6) is 0 Å². The molecule has 0 saturated carbocycles. The monoisotopic (exact) mass is 474 g/mol. The van der Waals surface area contributed by atoms with Gasteiger partial charge in [0.25, 0.3) is 11.5 Å². The number of Topliss-reactive ketones (excluding diaryl/α,β-unsaturated/α-hetero) is 1. The van der Waals surface area contributed by atoms with Gasteiger partial charge in [-0.05, 0) is 38.5 Å². The Bertz CT molecular complexity index is 523.